The quantitative estimate of drug-likeness (QED) is 0.300. The van der Waals surface area contributed by atoms with E-state index in [9.17, 15) is 14.0 Å². The number of rotatable bonds is 4. The topological polar surface area (TPSA) is 54.3 Å². The molecule has 1 aliphatic rings. The summed E-state index contributed by atoms with van der Waals surface area (Å²) in [6.45, 7) is 6.30. The number of nitrogens with zero attached hydrogens (tertiary/aromatic N) is 2. The van der Waals surface area contributed by atoms with Crippen LogP contribution in [-0.2, 0) is 16.1 Å². The number of para-hydroxylation sites is 2. The highest BCUT2D eigenvalue weighted by molar-refractivity contribution is 7.80. The molecule has 1 N–H and O–H groups in total. The summed E-state index contributed by atoms with van der Waals surface area (Å²) >= 11 is 5.15. The molecule has 4 rings (SSSR count). The molecule has 3 aromatic rings. The van der Waals surface area contributed by atoms with Gasteiger partial charge < -0.3 is 4.57 Å². The largest absolute Gasteiger partial charge is 0.340 e. The number of carbonyl (C=O) groups is 2. The lowest BCUT2D eigenvalue weighted by Gasteiger charge is -2.29. The number of nitrogens with one attached hydrogen (secondary N) is 1. The van der Waals surface area contributed by atoms with Gasteiger partial charge in [0.25, 0.3) is 11.8 Å². The van der Waals surface area contributed by atoms with E-state index in [1.165, 1.54) is 18.2 Å². The van der Waals surface area contributed by atoms with Gasteiger partial charge in [-0.25, -0.2) is 9.29 Å². The van der Waals surface area contributed by atoms with Gasteiger partial charge in [0, 0.05) is 28.7 Å². The summed E-state index contributed by atoms with van der Waals surface area (Å²) in [6, 6.07) is 13.5. The predicted molar refractivity (Wildman–Crippen MR) is 119 cm³/mol. The molecule has 1 fully saturated rings. The van der Waals surface area contributed by atoms with E-state index in [0.717, 1.165) is 27.1 Å². The van der Waals surface area contributed by atoms with Gasteiger partial charge in [-0.05, 0) is 43.4 Å². The number of anilines is 1. The van der Waals surface area contributed by atoms with Gasteiger partial charge in [-0.15, -0.1) is 6.58 Å². The van der Waals surface area contributed by atoms with Crippen LogP contribution in [0.25, 0.3) is 17.0 Å². The van der Waals surface area contributed by atoms with Crippen LogP contribution in [0.3, 0.4) is 0 Å². The van der Waals surface area contributed by atoms with Crippen molar-refractivity contribution in [3.05, 3.63) is 83.8 Å². The minimum absolute atomic E-state index is 0.00999. The zero-order chi connectivity index (χ0) is 21.4. The highest BCUT2D eigenvalue weighted by atomic mass is 32.1. The first kappa shape index (κ1) is 19.7. The summed E-state index contributed by atoms with van der Waals surface area (Å²) in [6.07, 6.45) is 3.33. The standard InChI is InChI=1S/C23H18FN3O2S/c1-3-12-26-14(2)16(15-8-4-6-10-19(15)26)13-17-21(28)25-23(30)27(22(17)29)20-11-7-5-9-18(20)24/h3-11,13H,1,12H2,2H3,(H,25,28,30). The van der Waals surface area contributed by atoms with Crippen LogP contribution in [0.4, 0.5) is 10.1 Å². The Kier molecular flexibility index (Phi) is 5.05. The van der Waals surface area contributed by atoms with E-state index < -0.39 is 17.6 Å². The second kappa shape index (κ2) is 7.68. The molecule has 0 saturated carbocycles. The van der Waals surface area contributed by atoms with Crippen LogP contribution >= 0.6 is 12.2 Å². The number of fused-ring (bicyclic) bond motifs is 1. The molecule has 0 atom stereocenters. The van der Waals surface area contributed by atoms with Crippen LogP contribution < -0.4 is 10.2 Å². The molecule has 1 saturated heterocycles. The van der Waals surface area contributed by atoms with Gasteiger partial charge in [0.05, 0.1) is 5.69 Å². The average Bonchev–Trinajstić information content (AvgIpc) is 2.98. The summed E-state index contributed by atoms with van der Waals surface area (Å²) in [5.74, 6) is -1.89. The Morgan fingerprint density at radius 3 is 2.57 bits per heavy atom. The number of halogens is 1. The van der Waals surface area contributed by atoms with Crippen molar-refractivity contribution in [1.82, 2.24) is 9.88 Å². The van der Waals surface area contributed by atoms with Crippen LogP contribution in [0, 0.1) is 12.7 Å². The molecule has 0 radical (unpaired) electrons. The van der Waals surface area contributed by atoms with E-state index >= 15 is 0 Å². The van der Waals surface area contributed by atoms with Gasteiger partial charge in [-0.3, -0.25) is 14.9 Å². The van der Waals surface area contributed by atoms with Crippen molar-refractivity contribution < 1.29 is 14.0 Å². The van der Waals surface area contributed by atoms with Crippen molar-refractivity contribution in [2.24, 2.45) is 0 Å². The number of hydrogen-bond acceptors (Lipinski definition) is 3. The smallest absolute Gasteiger partial charge is 0.270 e. The Morgan fingerprint density at radius 1 is 1.13 bits per heavy atom. The molecule has 2 heterocycles. The molecular weight excluding hydrogens is 401 g/mol. The highest BCUT2D eigenvalue weighted by Crippen LogP contribution is 2.30. The third-order valence-corrected chi connectivity index (χ3v) is 5.36. The maximum atomic E-state index is 14.3. The lowest BCUT2D eigenvalue weighted by Crippen LogP contribution is -2.54. The maximum Gasteiger partial charge on any atom is 0.270 e. The van der Waals surface area contributed by atoms with Crippen molar-refractivity contribution in [1.29, 1.82) is 0 Å². The molecule has 0 unspecified atom stereocenters. The van der Waals surface area contributed by atoms with Crippen molar-refractivity contribution >= 4 is 51.8 Å². The second-order valence-corrected chi connectivity index (χ2v) is 7.21. The summed E-state index contributed by atoms with van der Waals surface area (Å²) < 4.78 is 16.4. The monoisotopic (exact) mass is 419 g/mol. The first-order chi connectivity index (χ1) is 14.4. The minimum atomic E-state index is -0.672. The minimum Gasteiger partial charge on any atom is -0.340 e. The molecular formula is C23H18FN3O2S. The van der Waals surface area contributed by atoms with Gasteiger partial charge in [0.2, 0.25) is 0 Å². The molecule has 5 nitrogen and oxygen atoms in total. The number of thiocarbonyl (C=S) groups is 1. The average molecular weight is 419 g/mol. The van der Waals surface area contributed by atoms with Crippen molar-refractivity contribution in [3.8, 4) is 0 Å². The second-order valence-electron chi connectivity index (χ2n) is 6.82. The van der Waals surface area contributed by atoms with Crippen LogP contribution in [0.1, 0.15) is 11.3 Å². The van der Waals surface area contributed by atoms with Crippen molar-refractivity contribution in [2.75, 3.05) is 4.90 Å². The van der Waals surface area contributed by atoms with Crippen molar-refractivity contribution in [3.63, 3.8) is 0 Å². The molecule has 150 valence electrons. The zero-order valence-corrected chi connectivity index (χ0v) is 17.0. The molecule has 1 aromatic heterocycles. The van der Waals surface area contributed by atoms with E-state index in [2.05, 4.69) is 16.5 Å². The van der Waals surface area contributed by atoms with Gasteiger partial charge in [0.15, 0.2) is 5.11 Å². The Balaban J connectivity index is 1.88. The maximum absolute atomic E-state index is 14.3. The molecule has 0 bridgehead atoms. The summed E-state index contributed by atoms with van der Waals surface area (Å²) in [4.78, 5) is 26.8. The molecule has 1 aliphatic heterocycles. The van der Waals surface area contributed by atoms with E-state index in [0.29, 0.717) is 6.54 Å². The molecule has 30 heavy (non-hydrogen) atoms. The molecule has 0 spiro atoms. The lowest BCUT2D eigenvalue weighted by atomic mass is 10.0. The van der Waals surface area contributed by atoms with Gasteiger partial charge in [0.1, 0.15) is 11.4 Å². The van der Waals surface area contributed by atoms with E-state index in [-0.39, 0.29) is 16.4 Å². The Bertz CT molecular complexity index is 1260. The van der Waals surface area contributed by atoms with E-state index in [1.807, 2.05) is 31.2 Å². The van der Waals surface area contributed by atoms with Gasteiger partial charge in [-0.2, -0.15) is 0 Å². The third-order valence-electron chi connectivity index (χ3n) is 5.08. The molecule has 2 aromatic carbocycles. The number of amides is 2. The fourth-order valence-electron chi connectivity index (χ4n) is 3.66. The Hall–Kier alpha value is -3.58. The first-order valence-corrected chi connectivity index (χ1v) is 9.69. The Morgan fingerprint density at radius 2 is 1.83 bits per heavy atom. The highest BCUT2D eigenvalue weighted by Gasteiger charge is 2.36. The van der Waals surface area contributed by atoms with Crippen LogP contribution in [0.5, 0.6) is 0 Å². The van der Waals surface area contributed by atoms with Crippen molar-refractivity contribution in [2.45, 2.75) is 13.5 Å². The summed E-state index contributed by atoms with van der Waals surface area (Å²) in [7, 11) is 0. The SMILES string of the molecule is C=CCn1c(C)c(C=C2C(=O)NC(=S)N(c3ccccc3F)C2=O)c2ccccc21. The number of aromatic nitrogens is 1. The third kappa shape index (κ3) is 3.13. The number of allylic oxidation sites excluding steroid dienone is 1. The van der Waals surface area contributed by atoms with Crippen LogP contribution in [0.15, 0.2) is 66.8 Å². The van der Waals surface area contributed by atoms with E-state index in [4.69, 9.17) is 12.2 Å². The fraction of sp³-hybridized carbons (Fsp3) is 0.0870. The number of benzene rings is 2. The molecule has 0 aliphatic carbocycles. The fourth-order valence-corrected chi connectivity index (χ4v) is 3.93. The van der Waals surface area contributed by atoms with Crippen LogP contribution in [0.2, 0.25) is 0 Å². The van der Waals surface area contributed by atoms with Gasteiger partial charge >= 0.3 is 0 Å². The number of hydrogen-bond donors (Lipinski definition) is 1. The first-order valence-electron chi connectivity index (χ1n) is 9.28. The summed E-state index contributed by atoms with van der Waals surface area (Å²) in [5, 5.41) is 3.24. The van der Waals surface area contributed by atoms with Crippen LogP contribution in [-0.4, -0.2) is 21.5 Å². The normalized spacial score (nSPS) is 15.7. The van der Waals surface area contributed by atoms with E-state index in [1.54, 1.807) is 18.2 Å². The molecule has 7 heteroatoms. The zero-order valence-electron chi connectivity index (χ0n) is 16.2. The predicted octanol–water partition coefficient (Wildman–Crippen LogP) is 4.11. The number of carbonyl (C=O) groups excluding carboxylic acids is 2. The Labute approximate surface area is 178 Å². The summed E-state index contributed by atoms with van der Waals surface area (Å²) in [5.41, 5.74) is 2.47. The molecule has 2 amide bonds. The lowest BCUT2D eigenvalue weighted by molar-refractivity contribution is -0.122. The van der Waals surface area contributed by atoms with Gasteiger partial charge in [-0.1, -0.05) is 36.4 Å².